The number of aliphatic hydroxyl groups is 1. The number of benzene rings is 1. The molecule has 1 aromatic carbocycles. The van der Waals surface area contributed by atoms with E-state index in [2.05, 4.69) is 0 Å². The van der Waals surface area contributed by atoms with E-state index in [-0.39, 0.29) is 30.9 Å². The number of cyclic esters (lactones) is 1. The molecule has 2 saturated heterocycles. The highest BCUT2D eigenvalue weighted by Crippen LogP contribution is 2.54. The van der Waals surface area contributed by atoms with Crippen molar-refractivity contribution in [1.82, 2.24) is 4.90 Å². The molecular formula is C31H40N2O6. The number of hydrogen-bond donors (Lipinski definition) is 1. The fourth-order valence-corrected chi connectivity index (χ4v) is 6.96. The Morgan fingerprint density at radius 1 is 1.10 bits per heavy atom. The van der Waals surface area contributed by atoms with Gasteiger partial charge in [-0.1, -0.05) is 62.8 Å². The number of esters is 1. The molecule has 1 spiro atoms. The van der Waals surface area contributed by atoms with Crippen LogP contribution in [0.25, 0.3) is 0 Å². The first-order chi connectivity index (χ1) is 18.8. The Morgan fingerprint density at radius 2 is 1.85 bits per heavy atom. The average molecular weight is 537 g/mol. The van der Waals surface area contributed by atoms with E-state index in [4.69, 9.17) is 9.47 Å². The molecule has 4 heterocycles. The van der Waals surface area contributed by atoms with Gasteiger partial charge in [0.05, 0.1) is 31.3 Å². The van der Waals surface area contributed by atoms with Crippen LogP contribution in [-0.2, 0) is 23.9 Å². The summed E-state index contributed by atoms with van der Waals surface area (Å²) in [6, 6.07) is 4.27. The van der Waals surface area contributed by atoms with E-state index < -0.39 is 41.6 Å². The Balaban J connectivity index is 1.68. The highest BCUT2D eigenvalue weighted by Gasteiger charge is 2.72. The number of carbonyl (C=O) groups excluding carboxylic acids is 3. The van der Waals surface area contributed by atoms with Crippen molar-refractivity contribution in [3.05, 3.63) is 53.6 Å². The molecule has 0 saturated carbocycles. The first-order valence-corrected chi connectivity index (χ1v) is 14.3. The lowest BCUT2D eigenvalue weighted by Crippen LogP contribution is -2.59. The highest BCUT2D eigenvalue weighted by molar-refractivity contribution is 6.06. The maximum atomic E-state index is 14.7. The fraction of sp³-hybridized carbons (Fsp3) is 0.581. The number of hydrogen-bond acceptors (Lipinski definition) is 6. The van der Waals surface area contributed by atoms with Gasteiger partial charge in [-0.25, -0.2) is 0 Å². The molecule has 5 rings (SSSR count). The molecule has 0 bridgehead atoms. The second-order valence-electron chi connectivity index (χ2n) is 11.4. The van der Waals surface area contributed by atoms with Crippen molar-refractivity contribution in [3.63, 3.8) is 0 Å². The van der Waals surface area contributed by atoms with Gasteiger partial charge in [0.25, 0.3) is 5.91 Å². The molecule has 1 aromatic rings. The Bertz CT molecular complexity index is 1170. The Morgan fingerprint density at radius 3 is 2.54 bits per heavy atom. The van der Waals surface area contributed by atoms with E-state index in [1.165, 1.54) is 0 Å². The summed E-state index contributed by atoms with van der Waals surface area (Å²) in [6.07, 6.45) is 10.1. The first kappa shape index (κ1) is 27.6. The number of ether oxygens (including phenoxy) is 2. The number of likely N-dealkylation sites (tertiary alicyclic amines) is 1. The SMILES string of the molecule is CC[C@H](C)[C@H](CO)N1C(=O)[C@@H]2[C@H]3C(=O)OCCCC/C=C\[C@H]3O[C@@]23C=CCN(c2c(C)cccc2C)C(=O)C13. The van der Waals surface area contributed by atoms with Gasteiger partial charge in [0.15, 0.2) is 0 Å². The third-order valence-corrected chi connectivity index (χ3v) is 9.09. The average Bonchev–Trinajstić information content (AvgIpc) is 3.30. The van der Waals surface area contributed by atoms with E-state index in [1.54, 1.807) is 9.80 Å². The zero-order chi connectivity index (χ0) is 27.9. The number of carbonyl (C=O) groups is 3. The summed E-state index contributed by atoms with van der Waals surface area (Å²) in [5.41, 5.74) is 1.36. The summed E-state index contributed by atoms with van der Waals surface area (Å²) in [5, 5.41) is 10.5. The lowest BCUT2D eigenvalue weighted by molar-refractivity contribution is -0.155. The zero-order valence-electron chi connectivity index (χ0n) is 23.3. The third kappa shape index (κ3) is 4.42. The predicted molar refractivity (Wildman–Crippen MR) is 147 cm³/mol. The maximum Gasteiger partial charge on any atom is 0.312 e. The van der Waals surface area contributed by atoms with Crippen molar-refractivity contribution in [1.29, 1.82) is 0 Å². The van der Waals surface area contributed by atoms with Crippen molar-refractivity contribution in [2.24, 2.45) is 17.8 Å². The summed E-state index contributed by atoms with van der Waals surface area (Å²) in [5.74, 6) is -2.95. The van der Waals surface area contributed by atoms with Crippen LogP contribution in [0.3, 0.4) is 0 Å². The van der Waals surface area contributed by atoms with Crippen LogP contribution in [-0.4, -0.2) is 71.3 Å². The van der Waals surface area contributed by atoms with Gasteiger partial charge in [-0.05, 0) is 50.2 Å². The van der Waals surface area contributed by atoms with Crippen LogP contribution >= 0.6 is 0 Å². The molecule has 0 aromatic heterocycles. The summed E-state index contributed by atoms with van der Waals surface area (Å²) in [7, 11) is 0. The summed E-state index contributed by atoms with van der Waals surface area (Å²) >= 11 is 0. The molecule has 0 aliphatic carbocycles. The van der Waals surface area contributed by atoms with Crippen LogP contribution in [0.2, 0.25) is 0 Å². The number of aryl methyl sites for hydroxylation is 2. The van der Waals surface area contributed by atoms with Gasteiger partial charge in [-0.15, -0.1) is 0 Å². The number of rotatable bonds is 5. The van der Waals surface area contributed by atoms with E-state index >= 15 is 0 Å². The fourth-order valence-electron chi connectivity index (χ4n) is 6.96. The number of anilines is 1. The minimum Gasteiger partial charge on any atom is -0.465 e. The van der Waals surface area contributed by atoms with Crippen LogP contribution in [0.5, 0.6) is 0 Å². The van der Waals surface area contributed by atoms with Crippen molar-refractivity contribution in [2.45, 2.75) is 77.2 Å². The minimum absolute atomic E-state index is 0.0739. The number of nitrogens with zero attached hydrogens (tertiary/aromatic N) is 2. The Kier molecular flexibility index (Phi) is 7.71. The maximum absolute atomic E-state index is 14.7. The molecule has 7 atom stereocenters. The molecular weight excluding hydrogens is 496 g/mol. The van der Waals surface area contributed by atoms with Crippen molar-refractivity contribution in [3.8, 4) is 0 Å². The predicted octanol–water partition coefficient (Wildman–Crippen LogP) is 3.48. The lowest BCUT2D eigenvalue weighted by Gasteiger charge is -2.40. The number of para-hydroxylation sites is 1. The van der Waals surface area contributed by atoms with E-state index in [0.717, 1.165) is 36.1 Å². The minimum atomic E-state index is -1.35. The molecule has 39 heavy (non-hydrogen) atoms. The van der Waals surface area contributed by atoms with Gasteiger partial charge in [0.1, 0.15) is 17.6 Å². The van der Waals surface area contributed by atoms with Crippen LogP contribution in [0.15, 0.2) is 42.5 Å². The molecule has 0 radical (unpaired) electrons. The summed E-state index contributed by atoms with van der Waals surface area (Å²) in [4.78, 5) is 45.9. The van der Waals surface area contributed by atoms with Crippen LogP contribution < -0.4 is 4.90 Å². The molecule has 1 N–H and O–H groups in total. The Labute approximate surface area is 230 Å². The number of allylic oxidation sites excluding steroid dienone is 1. The highest BCUT2D eigenvalue weighted by atomic mass is 16.6. The van der Waals surface area contributed by atoms with Crippen molar-refractivity contribution in [2.75, 3.05) is 24.7 Å². The molecule has 8 nitrogen and oxygen atoms in total. The van der Waals surface area contributed by atoms with Gasteiger partial charge in [-0.3, -0.25) is 14.4 Å². The van der Waals surface area contributed by atoms with E-state index in [0.29, 0.717) is 13.0 Å². The van der Waals surface area contributed by atoms with Crippen LogP contribution in [0.4, 0.5) is 5.69 Å². The largest absolute Gasteiger partial charge is 0.465 e. The van der Waals surface area contributed by atoms with E-state index in [9.17, 15) is 19.5 Å². The topological polar surface area (TPSA) is 96.4 Å². The zero-order valence-corrected chi connectivity index (χ0v) is 23.3. The molecule has 2 amide bonds. The molecule has 1 unspecified atom stereocenters. The van der Waals surface area contributed by atoms with Crippen molar-refractivity contribution >= 4 is 23.5 Å². The number of amides is 2. The monoisotopic (exact) mass is 536 g/mol. The molecule has 2 fully saturated rings. The lowest BCUT2D eigenvalue weighted by atomic mass is 9.77. The van der Waals surface area contributed by atoms with E-state index in [1.807, 2.05) is 70.2 Å². The summed E-state index contributed by atoms with van der Waals surface area (Å²) in [6.45, 7) is 8.21. The van der Waals surface area contributed by atoms with Crippen LogP contribution in [0, 0.1) is 31.6 Å². The second kappa shape index (κ2) is 10.9. The summed E-state index contributed by atoms with van der Waals surface area (Å²) < 4.78 is 12.4. The molecule has 4 aliphatic rings. The van der Waals surface area contributed by atoms with Gasteiger partial charge in [-0.2, -0.15) is 0 Å². The Hall–Kier alpha value is -2.97. The van der Waals surface area contributed by atoms with Crippen LogP contribution in [0.1, 0.15) is 50.7 Å². The quantitative estimate of drug-likeness (QED) is 0.457. The first-order valence-electron chi connectivity index (χ1n) is 14.3. The van der Waals surface area contributed by atoms with Gasteiger partial charge >= 0.3 is 5.97 Å². The number of aliphatic hydroxyl groups excluding tert-OH is 1. The smallest absolute Gasteiger partial charge is 0.312 e. The molecule has 210 valence electrons. The van der Waals surface area contributed by atoms with Gasteiger partial charge in [0, 0.05) is 12.2 Å². The number of fused-ring (bicyclic) bond motifs is 2. The second-order valence-corrected chi connectivity index (χ2v) is 11.4. The normalized spacial score (nSPS) is 33.1. The van der Waals surface area contributed by atoms with Gasteiger partial charge < -0.3 is 24.4 Å². The third-order valence-electron chi connectivity index (χ3n) is 9.09. The van der Waals surface area contributed by atoms with Gasteiger partial charge in [0.2, 0.25) is 5.91 Å². The standard InChI is InChI=1S/C31H40N2O6/c1-5-19(2)22(18-34)33-27-29(36)32(26-20(3)12-10-13-21(26)4)16-11-15-31(27)25(28(33)35)24-23(39-31)14-8-6-7-9-17-38-30(24)37/h8,10-15,19,22-25,27,34H,5-7,9,16-18H2,1-4H3/b14-8-/t19-,22-,23+,24-,25-,27?,31-/m0/s1. The van der Waals surface area contributed by atoms with Crippen molar-refractivity contribution < 1.29 is 29.0 Å². The molecule has 8 heteroatoms. The molecule has 4 aliphatic heterocycles.